The van der Waals surface area contributed by atoms with Crippen molar-refractivity contribution in [2.45, 2.75) is 13.0 Å². The number of aryl methyl sites for hydroxylation is 1. The number of carboxylic acids is 1. The fraction of sp³-hybridized carbons (Fsp3) is 0.400. The number of aliphatic carboxylic acids is 1. The van der Waals surface area contributed by atoms with Crippen molar-refractivity contribution in [1.82, 2.24) is 19.7 Å². The molecule has 0 saturated heterocycles. The van der Waals surface area contributed by atoms with E-state index in [-0.39, 0.29) is 25.4 Å². The number of nitrogens with zero attached hydrogens (tertiary/aromatic N) is 4. The molecule has 0 saturated carbocycles. The first kappa shape index (κ1) is 12.7. The maximum Gasteiger partial charge on any atom is 0.323 e. The first-order chi connectivity index (χ1) is 8.13. The van der Waals surface area contributed by atoms with E-state index in [1.165, 1.54) is 17.3 Å². The van der Waals surface area contributed by atoms with Gasteiger partial charge in [-0.05, 0) is 0 Å². The zero-order chi connectivity index (χ0) is 12.7. The maximum absolute atomic E-state index is 11.7. The summed E-state index contributed by atoms with van der Waals surface area (Å²) in [5, 5.41) is 12.5. The quantitative estimate of drug-likeness (QED) is 0.654. The lowest BCUT2D eigenvalue weighted by atomic mass is 10.3. The number of carbonyl (C=O) groups excluding carboxylic acids is 1. The first-order valence-electron chi connectivity index (χ1n) is 4.89. The third-order valence-corrected chi connectivity index (χ3v) is 1.98. The van der Waals surface area contributed by atoms with Gasteiger partial charge in [0.2, 0.25) is 5.91 Å². The van der Waals surface area contributed by atoms with E-state index in [9.17, 15) is 9.59 Å². The normalized spacial score (nSPS) is 9.59. The largest absolute Gasteiger partial charge is 0.480 e. The van der Waals surface area contributed by atoms with E-state index in [0.717, 1.165) is 4.90 Å². The highest BCUT2D eigenvalue weighted by Gasteiger charge is 2.15. The van der Waals surface area contributed by atoms with Crippen LogP contribution in [0.5, 0.6) is 0 Å². The zero-order valence-electron chi connectivity index (χ0n) is 9.11. The van der Waals surface area contributed by atoms with Gasteiger partial charge in [-0.1, -0.05) is 5.92 Å². The Morgan fingerprint density at radius 3 is 2.82 bits per heavy atom. The van der Waals surface area contributed by atoms with Crippen molar-refractivity contribution in [2.75, 3.05) is 13.1 Å². The standard InChI is InChI=1S/C10H12N4O3/c1-2-4-13(6-10(16)17)9(15)3-5-14-8-11-7-12-14/h1,7-8H,3-6H2,(H,16,17). The van der Waals surface area contributed by atoms with Crippen LogP contribution in [0.4, 0.5) is 0 Å². The van der Waals surface area contributed by atoms with Crippen LogP contribution in [0.3, 0.4) is 0 Å². The van der Waals surface area contributed by atoms with Gasteiger partial charge in [-0.3, -0.25) is 14.3 Å². The van der Waals surface area contributed by atoms with Crippen LogP contribution in [0.25, 0.3) is 0 Å². The molecular formula is C10H12N4O3. The molecule has 1 heterocycles. The number of amides is 1. The highest BCUT2D eigenvalue weighted by Crippen LogP contribution is 1.96. The number of rotatable bonds is 6. The molecule has 0 fully saturated rings. The van der Waals surface area contributed by atoms with Crippen LogP contribution in [0.1, 0.15) is 6.42 Å². The highest BCUT2D eigenvalue weighted by molar-refractivity contribution is 5.81. The average molecular weight is 236 g/mol. The molecule has 17 heavy (non-hydrogen) atoms. The van der Waals surface area contributed by atoms with Gasteiger partial charge < -0.3 is 10.0 Å². The van der Waals surface area contributed by atoms with E-state index in [1.54, 1.807) is 0 Å². The Balaban J connectivity index is 2.47. The molecule has 0 unspecified atom stereocenters. The number of aromatic nitrogens is 3. The number of carboxylic acid groups (broad SMARTS) is 1. The Bertz CT molecular complexity index is 421. The average Bonchev–Trinajstić information content (AvgIpc) is 2.77. The lowest BCUT2D eigenvalue weighted by molar-refractivity contribution is -0.144. The molecule has 0 radical (unpaired) electrons. The minimum atomic E-state index is -1.09. The summed E-state index contributed by atoms with van der Waals surface area (Å²) < 4.78 is 1.49. The van der Waals surface area contributed by atoms with E-state index in [0.29, 0.717) is 6.54 Å². The van der Waals surface area contributed by atoms with Crippen molar-refractivity contribution in [1.29, 1.82) is 0 Å². The number of carbonyl (C=O) groups is 2. The number of hydrogen-bond donors (Lipinski definition) is 1. The van der Waals surface area contributed by atoms with Gasteiger partial charge in [0.25, 0.3) is 0 Å². The summed E-state index contributed by atoms with van der Waals surface area (Å²) in [5.41, 5.74) is 0. The third kappa shape index (κ3) is 4.34. The Labute approximate surface area is 98.1 Å². The molecule has 1 aromatic heterocycles. The van der Waals surface area contributed by atoms with Crippen LogP contribution in [0.15, 0.2) is 12.7 Å². The van der Waals surface area contributed by atoms with Gasteiger partial charge in [-0.2, -0.15) is 5.10 Å². The zero-order valence-corrected chi connectivity index (χ0v) is 9.11. The molecule has 7 heteroatoms. The van der Waals surface area contributed by atoms with Crippen LogP contribution >= 0.6 is 0 Å². The van der Waals surface area contributed by atoms with Crippen molar-refractivity contribution in [3.8, 4) is 12.3 Å². The second-order valence-electron chi connectivity index (χ2n) is 3.26. The highest BCUT2D eigenvalue weighted by atomic mass is 16.4. The van der Waals surface area contributed by atoms with Gasteiger partial charge in [0.1, 0.15) is 19.2 Å². The maximum atomic E-state index is 11.7. The van der Waals surface area contributed by atoms with E-state index in [2.05, 4.69) is 16.0 Å². The van der Waals surface area contributed by atoms with Crippen LogP contribution in [0.2, 0.25) is 0 Å². The van der Waals surface area contributed by atoms with Crippen LogP contribution in [-0.4, -0.2) is 49.7 Å². The van der Waals surface area contributed by atoms with Gasteiger partial charge in [-0.25, -0.2) is 4.98 Å². The molecule has 90 valence electrons. The van der Waals surface area contributed by atoms with Gasteiger partial charge in [0.15, 0.2) is 0 Å². The molecule has 0 spiro atoms. The van der Waals surface area contributed by atoms with Crippen LogP contribution in [-0.2, 0) is 16.1 Å². The first-order valence-corrected chi connectivity index (χ1v) is 4.89. The summed E-state index contributed by atoms with van der Waals surface area (Å²) in [4.78, 5) is 27.0. The molecule has 0 bridgehead atoms. The lowest BCUT2D eigenvalue weighted by Crippen LogP contribution is -2.36. The van der Waals surface area contributed by atoms with E-state index >= 15 is 0 Å². The number of terminal acetylenes is 1. The molecule has 0 aliphatic rings. The molecule has 0 atom stereocenters. The summed E-state index contributed by atoms with van der Waals surface area (Å²) >= 11 is 0. The Kier molecular flexibility index (Phi) is 4.69. The predicted octanol–water partition coefficient (Wildman–Crippen LogP) is -0.785. The molecule has 1 rings (SSSR count). The van der Waals surface area contributed by atoms with E-state index in [4.69, 9.17) is 11.5 Å². The monoisotopic (exact) mass is 236 g/mol. The van der Waals surface area contributed by atoms with Crippen molar-refractivity contribution in [2.24, 2.45) is 0 Å². The third-order valence-electron chi connectivity index (χ3n) is 1.98. The minimum Gasteiger partial charge on any atom is -0.480 e. The molecule has 0 aliphatic heterocycles. The molecule has 0 aliphatic carbocycles. The fourth-order valence-electron chi connectivity index (χ4n) is 1.22. The second-order valence-corrected chi connectivity index (χ2v) is 3.26. The van der Waals surface area contributed by atoms with Crippen molar-refractivity contribution in [3.63, 3.8) is 0 Å². The topological polar surface area (TPSA) is 88.3 Å². The van der Waals surface area contributed by atoms with Gasteiger partial charge in [0.05, 0.1) is 13.1 Å². The van der Waals surface area contributed by atoms with Crippen LogP contribution < -0.4 is 0 Å². The summed E-state index contributed by atoms with van der Waals surface area (Å²) in [5.74, 6) is 0.847. The van der Waals surface area contributed by atoms with Crippen molar-refractivity contribution in [3.05, 3.63) is 12.7 Å². The molecule has 1 amide bonds. The molecule has 0 aromatic carbocycles. The Morgan fingerprint density at radius 1 is 1.53 bits per heavy atom. The molecular weight excluding hydrogens is 224 g/mol. The lowest BCUT2D eigenvalue weighted by Gasteiger charge is -2.17. The smallest absolute Gasteiger partial charge is 0.323 e. The van der Waals surface area contributed by atoms with E-state index in [1.807, 2.05) is 0 Å². The Morgan fingerprint density at radius 2 is 2.29 bits per heavy atom. The van der Waals surface area contributed by atoms with Gasteiger partial charge in [-0.15, -0.1) is 6.42 Å². The summed E-state index contributed by atoms with van der Waals surface area (Å²) in [6.07, 6.45) is 8.05. The van der Waals surface area contributed by atoms with Crippen molar-refractivity contribution < 1.29 is 14.7 Å². The van der Waals surface area contributed by atoms with Crippen molar-refractivity contribution >= 4 is 11.9 Å². The molecule has 7 nitrogen and oxygen atoms in total. The van der Waals surface area contributed by atoms with Crippen LogP contribution in [0, 0.1) is 12.3 Å². The summed E-state index contributed by atoms with van der Waals surface area (Å²) in [7, 11) is 0. The molecule has 1 N–H and O–H groups in total. The fourth-order valence-corrected chi connectivity index (χ4v) is 1.22. The van der Waals surface area contributed by atoms with Gasteiger partial charge in [0, 0.05) is 6.42 Å². The SMILES string of the molecule is C#CCN(CC(=O)O)C(=O)CCn1cncn1. The summed E-state index contributed by atoms with van der Waals surface area (Å²) in [6.45, 7) is -0.0532. The Hall–Kier alpha value is -2.36. The summed E-state index contributed by atoms with van der Waals surface area (Å²) in [6, 6.07) is 0. The second kappa shape index (κ2) is 6.27. The number of hydrogen-bond acceptors (Lipinski definition) is 4. The predicted molar refractivity (Wildman–Crippen MR) is 57.7 cm³/mol. The minimum absolute atomic E-state index is 0.0114. The van der Waals surface area contributed by atoms with Gasteiger partial charge >= 0.3 is 5.97 Å². The van der Waals surface area contributed by atoms with E-state index < -0.39 is 5.97 Å². The molecule has 1 aromatic rings.